The molecule has 202 valence electrons. The lowest BCUT2D eigenvalue weighted by Gasteiger charge is -2.23. The average molecular weight is 609 g/mol. The molecule has 1 aliphatic heterocycles. The van der Waals surface area contributed by atoms with Gasteiger partial charge in [-0.2, -0.15) is 0 Å². The fourth-order valence-electron chi connectivity index (χ4n) is 3.95. The molecule has 0 saturated heterocycles. The Balaban J connectivity index is 1.40. The molecule has 0 spiro atoms. The number of rotatable bonds is 8. The minimum atomic E-state index is -1.46. The van der Waals surface area contributed by atoms with Crippen LogP contribution in [-0.2, 0) is 20.8 Å². The Bertz CT molecular complexity index is 1440. The zero-order valence-corrected chi connectivity index (χ0v) is 23.3. The summed E-state index contributed by atoms with van der Waals surface area (Å²) in [6.07, 6.45) is 0.0181. The molecule has 12 heteroatoms. The monoisotopic (exact) mass is 607 g/mol. The number of amides is 2. The van der Waals surface area contributed by atoms with Crippen molar-refractivity contribution in [2.24, 2.45) is 5.16 Å². The predicted molar refractivity (Wildman–Crippen MR) is 151 cm³/mol. The summed E-state index contributed by atoms with van der Waals surface area (Å²) < 4.78 is 0. The predicted octanol–water partition coefficient (Wildman–Crippen LogP) is 6.25. The van der Waals surface area contributed by atoms with E-state index in [9.17, 15) is 19.5 Å². The first-order valence-corrected chi connectivity index (χ1v) is 13.1. The maximum atomic E-state index is 13.1. The summed E-state index contributed by atoms with van der Waals surface area (Å²) in [6, 6.07) is 14.9. The highest BCUT2D eigenvalue weighted by molar-refractivity contribution is 6.41. The fourth-order valence-corrected chi connectivity index (χ4v) is 5.13. The van der Waals surface area contributed by atoms with E-state index in [2.05, 4.69) is 15.8 Å². The molecule has 0 aromatic heterocycles. The van der Waals surface area contributed by atoms with Crippen LogP contribution in [0, 0.1) is 0 Å². The van der Waals surface area contributed by atoms with Gasteiger partial charge in [-0.25, -0.2) is 4.79 Å². The van der Waals surface area contributed by atoms with E-state index in [1.165, 1.54) is 6.92 Å². The van der Waals surface area contributed by atoms with Gasteiger partial charge >= 0.3 is 5.97 Å². The van der Waals surface area contributed by atoms with Gasteiger partial charge in [-0.05, 0) is 48.9 Å². The van der Waals surface area contributed by atoms with E-state index >= 15 is 0 Å². The second-order valence-electron chi connectivity index (χ2n) is 8.95. The highest BCUT2D eigenvalue weighted by Gasteiger charge is 2.44. The standard InChI is InChI=1S/C27H21Cl4N3O5/c1-27(13-21(34-39-27)22-16(28)4-2-5-17(22)29)26(38)33-20(25(36)37)12-14-8-10-15(11-9-14)32-24(35)23-18(30)6-3-7-19(23)31/h2-11,20H,12-13H2,1H3,(H,32,35)(H,33,38)(H,36,37)/t20-,27?/m0/s1. The topological polar surface area (TPSA) is 117 Å². The molecule has 0 aliphatic carbocycles. The quantitative estimate of drug-likeness (QED) is 0.279. The van der Waals surface area contributed by atoms with Crippen LogP contribution in [0.5, 0.6) is 0 Å². The van der Waals surface area contributed by atoms with Crippen LogP contribution in [0.15, 0.2) is 65.8 Å². The highest BCUT2D eigenvalue weighted by Crippen LogP contribution is 2.33. The van der Waals surface area contributed by atoms with Crippen molar-refractivity contribution in [3.63, 3.8) is 0 Å². The molecule has 0 bridgehead atoms. The van der Waals surface area contributed by atoms with E-state index in [4.69, 9.17) is 51.2 Å². The molecule has 0 fully saturated rings. The van der Waals surface area contributed by atoms with E-state index in [1.54, 1.807) is 60.7 Å². The third-order valence-corrected chi connectivity index (χ3v) is 7.30. The first-order chi connectivity index (χ1) is 18.5. The lowest BCUT2D eigenvalue weighted by Crippen LogP contribution is -2.51. The number of hydrogen-bond acceptors (Lipinski definition) is 5. The molecule has 8 nitrogen and oxygen atoms in total. The van der Waals surface area contributed by atoms with Gasteiger partial charge in [0.25, 0.3) is 11.8 Å². The van der Waals surface area contributed by atoms with Crippen molar-refractivity contribution >= 4 is 75.6 Å². The number of oxime groups is 1. The summed E-state index contributed by atoms with van der Waals surface area (Å²) >= 11 is 24.7. The van der Waals surface area contributed by atoms with Crippen molar-refractivity contribution in [2.45, 2.75) is 31.4 Å². The summed E-state index contributed by atoms with van der Waals surface area (Å²) in [5, 5.41) is 20.1. The van der Waals surface area contributed by atoms with Gasteiger partial charge < -0.3 is 20.6 Å². The van der Waals surface area contributed by atoms with Crippen molar-refractivity contribution in [3.8, 4) is 0 Å². The third-order valence-electron chi connectivity index (χ3n) is 6.04. The number of benzene rings is 3. The minimum Gasteiger partial charge on any atom is -0.480 e. The second kappa shape index (κ2) is 11.8. The van der Waals surface area contributed by atoms with Crippen LogP contribution in [0.1, 0.15) is 34.8 Å². The van der Waals surface area contributed by atoms with Crippen LogP contribution >= 0.6 is 46.4 Å². The SMILES string of the molecule is CC1(C(=O)N[C@@H](Cc2ccc(NC(=O)c3c(Cl)cccc3Cl)cc2)C(=O)O)CC(c2c(Cl)cccc2Cl)=NO1. The van der Waals surface area contributed by atoms with Gasteiger partial charge in [0.15, 0.2) is 0 Å². The Hall–Kier alpha value is -3.30. The Morgan fingerprint density at radius 2 is 1.51 bits per heavy atom. The largest absolute Gasteiger partial charge is 0.480 e. The zero-order chi connectivity index (χ0) is 28.3. The van der Waals surface area contributed by atoms with Gasteiger partial charge in [0, 0.05) is 24.1 Å². The van der Waals surface area contributed by atoms with Crippen molar-refractivity contribution in [3.05, 3.63) is 97.4 Å². The van der Waals surface area contributed by atoms with Crippen LogP contribution in [0.3, 0.4) is 0 Å². The van der Waals surface area contributed by atoms with Gasteiger partial charge in [0.1, 0.15) is 6.04 Å². The third kappa shape index (κ3) is 6.47. The van der Waals surface area contributed by atoms with E-state index in [-0.39, 0.29) is 28.5 Å². The number of carbonyl (C=O) groups is 3. The number of carboxylic acid groups (broad SMARTS) is 1. The first kappa shape index (κ1) is 28.7. The van der Waals surface area contributed by atoms with Crippen molar-refractivity contribution in [1.29, 1.82) is 0 Å². The summed E-state index contributed by atoms with van der Waals surface area (Å²) in [4.78, 5) is 43.1. The number of halogens is 4. The Labute approximate surface area is 243 Å². The molecule has 3 aromatic rings. The summed E-state index contributed by atoms with van der Waals surface area (Å²) in [5.41, 5.74) is 0.575. The molecule has 2 atom stereocenters. The molecule has 3 aromatic carbocycles. The summed E-state index contributed by atoms with van der Waals surface area (Å²) in [7, 11) is 0. The van der Waals surface area contributed by atoms with E-state index in [0.717, 1.165) is 0 Å². The molecule has 1 unspecified atom stereocenters. The molecule has 1 heterocycles. The van der Waals surface area contributed by atoms with Crippen molar-refractivity contribution in [1.82, 2.24) is 5.32 Å². The Kier molecular flexibility index (Phi) is 8.71. The Morgan fingerprint density at radius 3 is 2.08 bits per heavy atom. The minimum absolute atomic E-state index is 0.0220. The number of carbonyl (C=O) groups excluding carboxylic acids is 2. The van der Waals surface area contributed by atoms with E-state index in [0.29, 0.717) is 32.6 Å². The normalized spacial score (nSPS) is 17.1. The van der Waals surface area contributed by atoms with E-state index in [1.807, 2.05) is 0 Å². The number of aliphatic carboxylic acids is 1. The molecular weight excluding hydrogens is 588 g/mol. The molecule has 2 amide bonds. The molecular formula is C27H21Cl4N3O5. The number of anilines is 1. The lowest BCUT2D eigenvalue weighted by atomic mass is 9.94. The smallest absolute Gasteiger partial charge is 0.326 e. The molecule has 0 saturated carbocycles. The van der Waals surface area contributed by atoms with Crippen molar-refractivity contribution < 1.29 is 24.3 Å². The number of carboxylic acids is 1. The zero-order valence-electron chi connectivity index (χ0n) is 20.3. The average Bonchev–Trinajstić information content (AvgIpc) is 3.27. The maximum absolute atomic E-state index is 13.1. The van der Waals surface area contributed by atoms with E-state index < -0.39 is 29.4 Å². The van der Waals surface area contributed by atoms with Crippen LogP contribution in [0.4, 0.5) is 5.69 Å². The Morgan fingerprint density at radius 1 is 0.949 bits per heavy atom. The first-order valence-electron chi connectivity index (χ1n) is 11.6. The van der Waals surface area contributed by atoms with Gasteiger partial charge in [-0.15, -0.1) is 0 Å². The molecule has 39 heavy (non-hydrogen) atoms. The van der Waals surface area contributed by atoms with Gasteiger partial charge in [-0.1, -0.05) is 75.8 Å². The summed E-state index contributed by atoms with van der Waals surface area (Å²) in [5.74, 6) is -2.37. The summed E-state index contributed by atoms with van der Waals surface area (Å²) in [6.45, 7) is 1.51. The second-order valence-corrected chi connectivity index (χ2v) is 10.6. The molecule has 4 rings (SSSR count). The van der Waals surface area contributed by atoms with Gasteiger partial charge in [-0.3, -0.25) is 9.59 Å². The molecule has 0 radical (unpaired) electrons. The van der Waals surface area contributed by atoms with Crippen LogP contribution in [0.25, 0.3) is 0 Å². The molecule has 3 N–H and O–H groups in total. The van der Waals surface area contributed by atoms with Crippen molar-refractivity contribution in [2.75, 3.05) is 5.32 Å². The van der Waals surface area contributed by atoms with Crippen LogP contribution in [-0.4, -0.2) is 40.2 Å². The number of hydrogen-bond donors (Lipinski definition) is 3. The maximum Gasteiger partial charge on any atom is 0.326 e. The van der Waals surface area contributed by atoms with Crippen LogP contribution in [0.2, 0.25) is 20.1 Å². The van der Waals surface area contributed by atoms with Gasteiger partial charge in [0.2, 0.25) is 5.60 Å². The number of nitrogens with zero attached hydrogens (tertiary/aromatic N) is 1. The van der Waals surface area contributed by atoms with Crippen LogP contribution < -0.4 is 10.6 Å². The number of nitrogens with one attached hydrogen (secondary N) is 2. The fraction of sp³-hybridized carbons (Fsp3) is 0.185. The van der Waals surface area contributed by atoms with Gasteiger partial charge in [0.05, 0.1) is 31.4 Å². The lowest BCUT2D eigenvalue weighted by molar-refractivity contribution is -0.148. The molecule has 1 aliphatic rings. The highest BCUT2D eigenvalue weighted by atomic mass is 35.5.